The summed E-state index contributed by atoms with van der Waals surface area (Å²) >= 11 is 0. The highest BCUT2D eigenvalue weighted by molar-refractivity contribution is 5.82. The minimum atomic E-state index is -0.336. The first-order valence-electron chi connectivity index (χ1n) is 4.91. The maximum Gasteiger partial charge on any atom is 0.235 e. The lowest BCUT2D eigenvalue weighted by atomic mass is 10.1. The van der Waals surface area contributed by atoms with E-state index in [0.717, 1.165) is 16.6 Å². The number of hydrogen-bond donors (Lipinski definition) is 0. The van der Waals surface area contributed by atoms with Gasteiger partial charge in [-0.25, -0.2) is 14.2 Å². The summed E-state index contributed by atoms with van der Waals surface area (Å²) in [4.78, 5) is 13.4. The van der Waals surface area contributed by atoms with Crippen molar-refractivity contribution in [2.75, 3.05) is 0 Å². The first-order valence-corrected chi connectivity index (χ1v) is 4.91. The van der Waals surface area contributed by atoms with Crippen molar-refractivity contribution < 1.29 is 9.18 Å². The summed E-state index contributed by atoms with van der Waals surface area (Å²) in [6, 6.07) is 5.11. The normalized spacial score (nSPS) is 10.4. The fraction of sp³-hybridized carbons (Fsp3) is 0.250. The van der Waals surface area contributed by atoms with Gasteiger partial charge in [0.2, 0.25) is 6.08 Å². The van der Waals surface area contributed by atoms with Crippen LogP contribution in [0.1, 0.15) is 11.3 Å². The van der Waals surface area contributed by atoms with Crippen LogP contribution in [-0.4, -0.2) is 10.6 Å². The molecule has 1 aromatic carbocycles. The summed E-state index contributed by atoms with van der Waals surface area (Å²) < 4.78 is 15.6. The first-order chi connectivity index (χ1) is 7.63. The molecule has 0 saturated carbocycles. The molecular weight excluding hydrogens is 207 g/mol. The summed E-state index contributed by atoms with van der Waals surface area (Å²) in [5.74, 6) is -0.336. The van der Waals surface area contributed by atoms with Crippen LogP contribution in [0, 0.1) is 12.7 Å². The highest BCUT2D eigenvalue weighted by Gasteiger charge is 2.08. The Bertz CT molecular complexity index is 595. The van der Waals surface area contributed by atoms with Gasteiger partial charge in [0, 0.05) is 29.2 Å². The Morgan fingerprint density at radius 2 is 2.19 bits per heavy atom. The van der Waals surface area contributed by atoms with Gasteiger partial charge in [0.25, 0.3) is 0 Å². The fourth-order valence-electron chi connectivity index (χ4n) is 1.78. The van der Waals surface area contributed by atoms with Crippen LogP contribution < -0.4 is 0 Å². The highest BCUT2D eigenvalue weighted by Crippen LogP contribution is 2.22. The summed E-state index contributed by atoms with van der Waals surface area (Å²) in [5.41, 5.74) is 2.41. The van der Waals surface area contributed by atoms with E-state index in [2.05, 4.69) is 4.99 Å². The fourth-order valence-corrected chi connectivity index (χ4v) is 1.78. The number of carbonyl (C=O) groups excluding carboxylic acids is 1. The number of aromatic nitrogens is 1. The van der Waals surface area contributed by atoms with Crippen LogP contribution in [0.5, 0.6) is 0 Å². The van der Waals surface area contributed by atoms with E-state index >= 15 is 0 Å². The van der Waals surface area contributed by atoms with Gasteiger partial charge in [0.1, 0.15) is 5.82 Å². The molecule has 3 nitrogen and oxygen atoms in total. The molecule has 0 spiro atoms. The van der Waals surface area contributed by atoms with Gasteiger partial charge in [0.15, 0.2) is 0 Å². The van der Waals surface area contributed by atoms with Crippen molar-refractivity contribution in [2.24, 2.45) is 12.0 Å². The van der Waals surface area contributed by atoms with Crippen LogP contribution in [0.2, 0.25) is 0 Å². The lowest BCUT2D eigenvalue weighted by molar-refractivity contribution is 0.561. The largest absolute Gasteiger partial charge is 0.348 e. The van der Waals surface area contributed by atoms with Gasteiger partial charge in [-0.3, -0.25) is 0 Å². The highest BCUT2D eigenvalue weighted by atomic mass is 19.1. The number of rotatable bonds is 2. The number of isocyanates is 1. The Morgan fingerprint density at radius 3 is 2.88 bits per heavy atom. The van der Waals surface area contributed by atoms with Gasteiger partial charge in [-0.1, -0.05) is 0 Å². The molecule has 0 aliphatic rings. The van der Waals surface area contributed by atoms with Crippen molar-refractivity contribution >= 4 is 17.0 Å². The van der Waals surface area contributed by atoms with Gasteiger partial charge in [-0.2, -0.15) is 0 Å². The van der Waals surface area contributed by atoms with E-state index in [1.807, 2.05) is 24.6 Å². The molecule has 82 valence electrons. The molecule has 0 aliphatic heterocycles. The average molecular weight is 218 g/mol. The van der Waals surface area contributed by atoms with Gasteiger partial charge in [0.05, 0.1) is 6.54 Å². The molecule has 0 fully saturated rings. The Hall–Kier alpha value is -1.93. The van der Waals surface area contributed by atoms with E-state index in [1.54, 1.807) is 6.07 Å². The number of aliphatic imine (C=N–C) groups is 1. The minimum Gasteiger partial charge on any atom is -0.348 e. The van der Waals surface area contributed by atoms with Crippen LogP contribution in [0.3, 0.4) is 0 Å². The van der Waals surface area contributed by atoms with Crippen molar-refractivity contribution in [3.63, 3.8) is 0 Å². The smallest absolute Gasteiger partial charge is 0.235 e. The van der Waals surface area contributed by atoms with Gasteiger partial charge in [-0.15, -0.1) is 0 Å². The molecule has 0 atom stereocenters. The van der Waals surface area contributed by atoms with Gasteiger partial charge >= 0.3 is 0 Å². The molecule has 0 radical (unpaired) electrons. The van der Waals surface area contributed by atoms with E-state index in [0.29, 0.717) is 5.56 Å². The molecule has 2 rings (SSSR count). The molecule has 2 aromatic rings. The number of benzene rings is 1. The topological polar surface area (TPSA) is 34.4 Å². The monoisotopic (exact) mass is 218 g/mol. The molecule has 1 heterocycles. The first kappa shape index (κ1) is 10.6. The van der Waals surface area contributed by atoms with Gasteiger partial charge < -0.3 is 4.57 Å². The molecule has 16 heavy (non-hydrogen) atoms. The number of halogens is 1. The number of aryl methyl sites for hydroxylation is 2. The molecule has 0 saturated heterocycles. The molecule has 4 heteroatoms. The second kappa shape index (κ2) is 3.91. The summed E-state index contributed by atoms with van der Waals surface area (Å²) in [7, 11) is 1.92. The summed E-state index contributed by atoms with van der Waals surface area (Å²) in [6.07, 6.45) is 1.41. The predicted molar refractivity (Wildman–Crippen MR) is 59.4 cm³/mol. The van der Waals surface area contributed by atoms with Crippen LogP contribution >= 0.6 is 0 Å². The van der Waals surface area contributed by atoms with Gasteiger partial charge in [-0.05, 0) is 25.1 Å². The van der Waals surface area contributed by atoms with Crippen molar-refractivity contribution in [1.29, 1.82) is 0 Å². The van der Waals surface area contributed by atoms with Crippen LogP contribution in [-0.2, 0) is 18.4 Å². The predicted octanol–water partition coefficient (Wildman–Crippen LogP) is 2.46. The molecule has 0 bridgehead atoms. The summed E-state index contributed by atoms with van der Waals surface area (Å²) in [6.45, 7) is 2.00. The Kier molecular flexibility index (Phi) is 2.59. The number of hydrogen-bond acceptors (Lipinski definition) is 2. The van der Waals surface area contributed by atoms with E-state index in [1.165, 1.54) is 12.1 Å². The Balaban J connectivity index is 2.63. The molecule has 1 aromatic heterocycles. The third-order valence-electron chi connectivity index (χ3n) is 2.76. The second-order valence-corrected chi connectivity index (χ2v) is 3.75. The second-order valence-electron chi connectivity index (χ2n) is 3.75. The standard InChI is InChI=1S/C12H11FN2O/c1-8-3-9-4-11(13)10(6-14-7-16)5-12(9)15(8)2/h3-5H,6H2,1-2H3. The van der Waals surface area contributed by atoms with E-state index < -0.39 is 0 Å². The number of fused-ring (bicyclic) bond motifs is 1. The Labute approximate surface area is 92.2 Å². The summed E-state index contributed by atoms with van der Waals surface area (Å²) in [5, 5.41) is 0.858. The molecular formula is C12H11FN2O. The van der Waals surface area contributed by atoms with E-state index in [-0.39, 0.29) is 12.4 Å². The van der Waals surface area contributed by atoms with Crippen LogP contribution in [0.15, 0.2) is 23.2 Å². The maximum absolute atomic E-state index is 13.6. The number of nitrogens with zero attached hydrogens (tertiary/aromatic N) is 2. The van der Waals surface area contributed by atoms with Crippen molar-refractivity contribution in [1.82, 2.24) is 4.57 Å². The van der Waals surface area contributed by atoms with Crippen molar-refractivity contribution in [2.45, 2.75) is 13.5 Å². The zero-order valence-corrected chi connectivity index (χ0v) is 9.12. The third kappa shape index (κ3) is 1.64. The third-order valence-corrected chi connectivity index (χ3v) is 2.76. The minimum absolute atomic E-state index is 0.0372. The molecule has 0 unspecified atom stereocenters. The average Bonchev–Trinajstić information content (AvgIpc) is 2.52. The maximum atomic E-state index is 13.6. The van der Waals surface area contributed by atoms with Crippen LogP contribution in [0.4, 0.5) is 4.39 Å². The van der Waals surface area contributed by atoms with Crippen molar-refractivity contribution in [3.05, 3.63) is 35.3 Å². The SMILES string of the molecule is Cc1cc2cc(F)c(CN=C=O)cc2n1C. The lowest BCUT2D eigenvalue weighted by Gasteiger charge is -2.02. The zero-order valence-electron chi connectivity index (χ0n) is 9.12. The Morgan fingerprint density at radius 1 is 1.44 bits per heavy atom. The zero-order chi connectivity index (χ0) is 11.7. The quantitative estimate of drug-likeness (QED) is 0.563. The van der Waals surface area contributed by atoms with Crippen LogP contribution in [0.25, 0.3) is 10.9 Å². The molecule has 0 amide bonds. The molecule has 0 N–H and O–H groups in total. The van der Waals surface area contributed by atoms with E-state index in [9.17, 15) is 9.18 Å². The van der Waals surface area contributed by atoms with E-state index in [4.69, 9.17) is 0 Å². The lowest BCUT2D eigenvalue weighted by Crippen LogP contribution is -1.93. The van der Waals surface area contributed by atoms with Crippen molar-refractivity contribution in [3.8, 4) is 0 Å². The molecule has 0 aliphatic carbocycles.